The van der Waals surface area contributed by atoms with Crippen LogP contribution >= 0.6 is 0 Å². The summed E-state index contributed by atoms with van der Waals surface area (Å²) in [6, 6.07) is 10.2. The summed E-state index contributed by atoms with van der Waals surface area (Å²) in [5.41, 5.74) is 1.52. The summed E-state index contributed by atoms with van der Waals surface area (Å²) >= 11 is 0. The van der Waals surface area contributed by atoms with Crippen molar-refractivity contribution < 1.29 is 24.1 Å². The Labute approximate surface area is 133 Å². The zero-order valence-electron chi connectivity index (χ0n) is 13.1. The molecular formula is C17H17NO5. The number of rotatable bonds is 4. The van der Waals surface area contributed by atoms with Crippen molar-refractivity contribution in [1.29, 1.82) is 0 Å². The van der Waals surface area contributed by atoms with E-state index in [0.717, 1.165) is 0 Å². The fraction of sp³-hybridized carbons (Fsp3) is 0.235. The molecule has 0 bridgehead atoms. The lowest BCUT2D eigenvalue weighted by atomic mass is 10.1. The molecule has 0 saturated heterocycles. The van der Waals surface area contributed by atoms with E-state index in [4.69, 9.17) is 14.2 Å². The number of nitrogens with zero attached hydrogens (tertiary/aromatic N) is 1. The van der Waals surface area contributed by atoms with Gasteiger partial charge in [0.1, 0.15) is 0 Å². The monoisotopic (exact) mass is 315 g/mol. The Morgan fingerprint density at radius 1 is 1.00 bits per heavy atom. The number of hydrogen-bond donors (Lipinski definition) is 1. The SMILES string of the molecule is COc1cc(N2C(=O)c3ccccc3C2O)cc(OC)c1OC. The summed E-state index contributed by atoms with van der Waals surface area (Å²) in [5.74, 6) is 0.982. The summed E-state index contributed by atoms with van der Waals surface area (Å²) in [5, 5.41) is 10.5. The van der Waals surface area contributed by atoms with Crippen LogP contribution < -0.4 is 19.1 Å². The van der Waals surface area contributed by atoms with Crippen LogP contribution in [0.2, 0.25) is 0 Å². The lowest BCUT2D eigenvalue weighted by molar-refractivity contribution is 0.0935. The van der Waals surface area contributed by atoms with Gasteiger partial charge in [0.05, 0.1) is 27.0 Å². The van der Waals surface area contributed by atoms with E-state index in [2.05, 4.69) is 0 Å². The summed E-state index contributed by atoms with van der Waals surface area (Å²) < 4.78 is 15.9. The highest BCUT2D eigenvalue weighted by Crippen LogP contribution is 2.44. The molecular weight excluding hydrogens is 298 g/mol. The molecule has 1 aliphatic heterocycles. The number of fused-ring (bicyclic) bond motifs is 1. The zero-order valence-corrected chi connectivity index (χ0v) is 13.1. The molecule has 0 spiro atoms. The second-order valence-electron chi connectivity index (χ2n) is 5.02. The topological polar surface area (TPSA) is 68.2 Å². The number of benzene rings is 2. The Balaban J connectivity index is 2.11. The third-order valence-electron chi connectivity index (χ3n) is 3.86. The Morgan fingerprint density at radius 3 is 2.13 bits per heavy atom. The van der Waals surface area contributed by atoms with Crippen LogP contribution in [-0.4, -0.2) is 32.3 Å². The number of carbonyl (C=O) groups is 1. The van der Waals surface area contributed by atoms with Gasteiger partial charge >= 0.3 is 0 Å². The molecule has 1 heterocycles. The smallest absolute Gasteiger partial charge is 0.261 e. The number of hydrogen-bond acceptors (Lipinski definition) is 5. The highest BCUT2D eigenvalue weighted by Gasteiger charge is 2.37. The van der Waals surface area contributed by atoms with Gasteiger partial charge in [0, 0.05) is 23.3 Å². The molecule has 2 aromatic carbocycles. The molecule has 0 aromatic heterocycles. The van der Waals surface area contributed by atoms with E-state index >= 15 is 0 Å². The van der Waals surface area contributed by atoms with E-state index in [1.165, 1.54) is 26.2 Å². The predicted octanol–water partition coefficient (Wildman–Crippen LogP) is 2.36. The first-order valence-electron chi connectivity index (χ1n) is 7.03. The van der Waals surface area contributed by atoms with Gasteiger partial charge in [-0.15, -0.1) is 0 Å². The van der Waals surface area contributed by atoms with Crippen molar-refractivity contribution in [2.45, 2.75) is 6.23 Å². The molecule has 2 aromatic rings. The van der Waals surface area contributed by atoms with Crippen molar-refractivity contribution >= 4 is 11.6 Å². The third-order valence-corrected chi connectivity index (χ3v) is 3.86. The first kappa shape index (κ1) is 15.2. The molecule has 0 aliphatic carbocycles. The largest absolute Gasteiger partial charge is 0.493 e. The van der Waals surface area contributed by atoms with Gasteiger partial charge < -0.3 is 19.3 Å². The normalized spacial score (nSPS) is 16.3. The molecule has 0 radical (unpaired) electrons. The minimum Gasteiger partial charge on any atom is -0.493 e. The Bertz CT molecular complexity index is 733. The maximum atomic E-state index is 12.6. The number of aliphatic hydroxyl groups excluding tert-OH is 1. The summed E-state index contributed by atoms with van der Waals surface area (Å²) in [6.07, 6.45) is -1.05. The summed E-state index contributed by atoms with van der Waals surface area (Å²) in [4.78, 5) is 13.9. The molecule has 1 aliphatic rings. The van der Waals surface area contributed by atoms with Gasteiger partial charge in [-0.05, 0) is 6.07 Å². The fourth-order valence-corrected chi connectivity index (χ4v) is 2.76. The lowest BCUT2D eigenvalue weighted by Gasteiger charge is -2.23. The van der Waals surface area contributed by atoms with Gasteiger partial charge in [-0.2, -0.15) is 0 Å². The molecule has 1 atom stereocenters. The van der Waals surface area contributed by atoms with Gasteiger partial charge in [-0.1, -0.05) is 18.2 Å². The average molecular weight is 315 g/mol. The number of aliphatic hydroxyl groups is 1. The molecule has 120 valence electrons. The summed E-state index contributed by atoms with van der Waals surface area (Å²) in [7, 11) is 4.50. The maximum absolute atomic E-state index is 12.6. The van der Waals surface area contributed by atoms with Crippen molar-refractivity contribution in [2.75, 3.05) is 26.2 Å². The first-order valence-corrected chi connectivity index (χ1v) is 7.03. The van der Waals surface area contributed by atoms with Crippen LogP contribution in [0, 0.1) is 0 Å². The van der Waals surface area contributed by atoms with Crippen LogP contribution in [0.25, 0.3) is 0 Å². The number of anilines is 1. The van der Waals surface area contributed by atoms with Crippen LogP contribution in [0.1, 0.15) is 22.1 Å². The Hall–Kier alpha value is -2.73. The highest BCUT2D eigenvalue weighted by atomic mass is 16.5. The molecule has 0 fully saturated rings. The first-order chi connectivity index (χ1) is 11.1. The number of amides is 1. The molecule has 23 heavy (non-hydrogen) atoms. The van der Waals surface area contributed by atoms with Gasteiger partial charge in [0.25, 0.3) is 5.91 Å². The van der Waals surface area contributed by atoms with Crippen molar-refractivity contribution in [2.24, 2.45) is 0 Å². The molecule has 1 amide bonds. The van der Waals surface area contributed by atoms with E-state index in [1.54, 1.807) is 36.4 Å². The fourth-order valence-electron chi connectivity index (χ4n) is 2.76. The number of carbonyl (C=O) groups excluding carboxylic acids is 1. The number of ether oxygens (including phenoxy) is 3. The van der Waals surface area contributed by atoms with Crippen molar-refractivity contribution in [3.8, 4) is 17.2 Å². The molecule has 1 unspecified atom stereocenters. The highest BCUT2D eigenvalue weighted by molar-refractivity contribution is 6.11. The Morgan fingerprint density at radius 2 is 1.61 bits per heavy atom. The minimum atomic E-state index is -1.05. The van der Waals surface area contributed by atoms with E-state index in [-0.39, 0.29) is 5.91 Å². The van der Waals surface area contributed by atoms with Crippen LogP contribution in [0.3, 0.4) is 0 Å². The van der Waals surface area contributed by atoms with E-state index in [9.17, 15) is 9.90 Å². The van der Waals surface area contributed by atoms with Crippen molar-refractivity contribution in [1.82, 2.24) is 0 Å². The van der Waals surface area contributed by atoms with Crippen molar-refractivity contribution in [3.63, 3.8) is 0 Å². The minimum absolute atomic E-state index is 0.276. The molecule has 6 nitrogen and oxygen atoms in total. The molecule has 6 heteroatoms. The molecule has 0 saturated carbocycles. The van der Waals surface area contributed by atoms with Gasteiger partial charge in [0.2, 0.25) is 5.75 Å². The second kappa shape index (κ2) is 5.81. The number of methoxy groups -OCH3 is 3. The quantitative estimate of drug-likeness (QED) is 0.938. The summed E-state index contributed by atoms with van der Waals surface area (Å²) in [6.45, 7) is 0. The lowest BCUT2D eigenvalue weighted by Crippen LogP contribution is -2.27. The van der Waals surface area contributed by atoms with Gasteiger partial charge in [0.15, 0.2) is 17.7 Å². The third kappa shape index (κ3) is 2.27. The second-order valence-corrected chi connectivity index (χ2v) is 5.02. The maximum Gasteiger partial charge on any atom is 0.261 e. The predicted molar refractivity (Wildman–Crippen MR) is 84.3 cm³/mol. The van der Waals surface area contributed by atoms with E-state index in [1.807, 2.05) is 0 Å². The zero-order chi connectivity index (χ0) is 16.6. The van der Waals surface area contributed by atoms with E-state index in [0.29, 0.717) is 34.1 Å². The van der Waals surface area contributed by atoms with Crippen LogP contribution in [0.15, 0.2) is 36.4 Å². The van der Waals surface area contributed by atoms with E-state index < -0.39 is 6.23 Å². The van der Waals surface area contributed by atoms with Crippen LogP contribution in [0.5, 0.6) is 17.2 Å². The average Bonchev–Trinajstić information content (AvgIpc) is 2.85. The van der Waals surface area contributed by atoms with Gasteiger partial charge in [-0.25, -0.2) is 0 Å². The molecule has 1 N–H and O–H groups in total. The van der Waals surface area contributed by atoms with Crippen LogP contribution in [-0.2, 0) is 0 Å². The molecule has 3 rings (SSSR count). The standard InChI is InChI=1S/C17H17NO5/c1-21-13-8-10(9-14(22-2)15(13)23-3)18-16(19)11-6-4-5-7-12(11)17(18)20/h4-9,16,19H,1-3H3. The van der Waals surface area contributed by atoms with Crippen LogP contribution in [0.4, 0.5) is 5.69 Å². The van der Waals surface area contributed by atoms with Crippen molar-refractivity contribution in [3.05, 3.63) is 47.5 Å². The Kier molecular flexibility index (Phi) is 3.83. The van der Waals surface area contributed by atoms with Gasteiger partial charge in [-0.3, -0.25) is 9.69 Å².